The molecule has 1 aromatic heterocycles. The number of carboxylic acids is 1. The van der Waals surface area contributed by atoms with Crippen molar-refractivity contribution in [3.8, 4) is 0 Å². The lowest BCUT2D eigenvalue weighted by Gasteiger charge is -2.19. The lowest BCUT2D eigenvalue weighted by atomic mass is 9.88. The van der Waals surface area contributed by atoms with E-state index in [1.165, 1.54) is 11.3 Å². The van der Waals surface area contributed by atoms with Gasteiger partial charge in [0.15, 0.2) is 0 Å². The zero-order valence-electron chi connectivity index (χ0n) is 15.8. The summed E-state index contributed by atoms with van der Waals surface area (Å²) in [5, 5.41) is 29.1. The minimum Gasteiger partial charge on any atom is -0.477 e. The van der Waals surface area contributed by atoms with Gasteiger partial charge in [-0.2, -0.15) is 0 Å². The number of aliphatic hydroxyl groups is 2. The van der Waals surface area contributed by atoms with Crippen LogP contribution >= 0.6 is 22.9 Å². The van der Waals surface area contributed by atoms with Crippen LogP contribution in [-0.4, -0.2) is 33.6 Å². The van der Waals surface area contributed by atoms with Crippen LogP contribution in [0.5, 0.6) is 0 Å². The Morgan fingerprint density at radius 2 is 2.10 bits per heavy atom. The van der Waals surface area contributed by atoms with E-state index < -0.39 is 18.2 Å². The molecular weight excluding hydrogens is 415 g/mol. The van der Waals surface area contributed by atoms with Gasteiger partial charge in [0.1, 0.15) is 11.0 Å². The highest BCUT2D eigenvalue weighted by atomic mass is 35.5. The Labute approximate surface area is 178 Å². The number of aliphatic hydroxyl groups excluding tert-OH is 2. The molecule has 1 aliphatic rings. The van der Waals surface area contributed by atoms with Crippen LogP contribution in [0, 0.1) is 11.8 Å². The first-order valence-electron chi connectivity index (χ1n) is 9.60. The van der Waals surface area contributed by atoms with E-state index in [0.717, 1.165) is 16.9 Å². The zero-order valence-corrected chi connectivity index (χ0v) is 17.4. The summed E-state index contributed by atoms with van der Waals surface area (Å²) < 4.78 is 14.5. The van der Waals surface area contributed by atoms with Crippen LogP contribution in [0.1, 0.15) is 44.9 Å². The summed E-state index contributed by atoms with van der Waals surface area (Å²) in [5.74, 6) is -1.50. The van der Waals surface area contributed by atoms with Gasteiger partial charge in [-0.15, -0.1) is 11.3 Å². The minimum atomic E-state index is -1.06. The highest BCUT2D eigenvalue weighted by Crippen LogP contribution is 2.39. The zero-order chi connectivity index (χ0) is 21.0. The maximum absolute atomic E-state index is 14.5. The molecule has 0 unspecified atom stereocenters. The Kier molecular flexibility index (Phi) is 7.46. The number of rotatable bonds is 8. The van der Waals surface area contributed by atoms with Crippen LogP contribution in [0.15, 0.2) is 36.4 Å². The first kappa shape index (κ1) is 22.0. The third kappa shape index (κ3) is 5.66. The fraction of sp³-hybridized carbons (Fsp3) is 0.409. The van der Waals surface area contributed by atoms with E-state index in [1.807, 2.05) is 18.2 Å². The van der Waals surface area contributed by atoms with Crippen molar-refractivity contribution >= 4 is 35.0 Å². The van der Waals surface area contributed by atoms with Gasteiger partial charge in [0.25, 0.3) is 0 Å². The number of carboxylic acid groups (broad SMARTS) is 1. The molecule has 7 heteroatoms. The fourth-order valence-electron chi connectivity index (χ4n) is 3.96. The maximum atomic E-state index is 14.5. The first-order valence-corrected chi connectivity index (χ1v) is 10.8. The molecule has 1 fully saturated rings. The Morgan fingerprint density at radius 1 is 1.31 bits per heavy atom. The van der Waals surface area contributed by atoms with E-state index in [0.29, 0.717) is 28.3 Å². The third-order valence-corrected chi connectivity index (χ3v) is 6.73. The molecule has 4 atom stereocenters. The van der Waals surface area contributed by atoms with Crippen LogP contribution in [0.2, 0.25) is 5.02 Å². The van der Waals surface area contributed by atoms with Gasteiger partial charge < -0.3 is 15.3 Å². The third-order valence-electron chi connectivity index (χ3n) is 5.38. The predicted octanol–water partition coefficient (Wildman–Crippen LogP) is 4.96. The molecule has 1 aromatic carbocycles. The van der Waals surface area contributed by atoms with Crippen molar-refractivity contribution in [3.05, 3.63) is 62.3 Å². The van der Waals surface area contributed by atoms with Crippen molar-refractivity contribution in [3.63, 3.8) is 0 Å². The van der Waals surface area contributed by atoms with Crippen molar-refractivity contribution in [1.82, 2.24) is 0 Å². The van der Waals surface area contributed by atoms with Crippen LogP contribution < -0.4 is 0 Å². The largest absolute Gasteiger partial charge is 0.477 e. The molecule has 3 N–H and O–H groups in total. The SMILES string of the molecule is O=C(O)c1ccc(CCC[C@@H]2[C@@H](/C=C/c3cc(Cl)cc(CO)c3)[C@H](O)C[C@H]2F)s1. The second kappa shape index (κ2) is 9.85. The Morgan fingerprint density at radius 3 is 2.79 bits per heavy atom. The van der Waals surface area contributed by atoms with E-state index in [9.17, 15) is 19.4 Å². The van der Waals surface area contributed by atoms with Gasteiger partial charge in [0.05, 0.1) is 12.7 Å². The normalized spacial score (nSPS) is 24.4. The number of benzene rings is 1. The van der Waals surface area contributed by atoms with Crippen LogP contribution in [0.3, 0.4) is 0 Å². The Bertz CT molecular complexity index is 881. The van der Waals surface area contributed by atoms with E-state index in [1.54, 1.807) is 24.3 Å². The van der Waals surface area contributed by atoms with E-state index in [-0.39, 0.29) is 24.9 Å². The summed E-state index contributed by atoms with van der Waals surface area (Å²) in [6, 6.07) is 8.65. The molecule has 29 heavy (non-hydrogen) atoms. The number of halogens is 2. The van der Waals surface area contributed by atoms with Gasteiger partial charge in [0, 0.05) is 22.2 Å². The highest BCUT2D eigenvalue weighted by molar-refractivity contribution is 7.13. The maximum Gasteiger partial charge on any atom is 0.345 e. The van der Waals surface area contributed by atoms with Crippen molar-refractivity contribution in [1.29, 1.82) is 0 Å². The van der Waals surface area contributed by atoms with E-state index in [4.69, 9.17) is 16.7 Å². The summed E-state index contributed by atoms with van der Waals surface area (Å²) in [7, 11) is 0. The summed E-state index contributed by atoms with van der Waals surface area (Å²) >= 11 is 7.31. The molecule has 0 radical (unpaired) electrons. The van der Waals surface area contributed by atoms with Crippen LogP contribution in [0.25, 0.3) is 6.08 Å². The molecule has 1 saturated carbocycles. The molecule has 4 nitrogen and oxygen atoms in total. The molecule has 1 aliphatic carbocycles. The topological polar surface area (TPSA) is 77.8 Å². The fourth-order valence-corrected chi connectivity index (χ4v) is 5.11. The quantitative estimate of drug-likeness (QED) is 0.544. The monoisotopic (exact) mass is 438 g/mol. The second-order valence-corrected chi connectivity index (χ2v) is 9.04. The summed E-state index contributed by atoms with van der Waals surface area (Å²) in [6.07, 6.45) is 4.03. The smallest absolute Gasteiger partial charge is 0.345 e. The summed E-state index contributed by atoms with van der Waals surface area (Å²) in [5.41, 5.74) is 1.50. The van der Waals surface area contributed by atoms with E-state index >= 15 is 0 Å². The number of hydrogen-bond acceptors (Lipinski definition) is 4. The second-order valence-electron chi connectivity index (χ2n) is 7.43. The van der Waals surface area contributed by atoms with Gasteiger partial charge in [0.2, 0.25) is 0 Å². The number of alkyl halides is 1. The summed E-state index contributed by atoms with van der Waals surface area (Å²) in [6.45, 7) is -0.116. The molecule has 0 bridgehead atoms. The average molecular weight is 439 g/mol. The van der Waals surface area contributed by atoms with Crippen molar-refractivity contribution < 1.29 is 24.5 Å². The molecular formula is C22H24ClFO4S. The van der Waals surface area contributed by atoms with Gasteiger partial charge in [-0.1, -0.05) is 23.8 Å². The molecule has 3 rings (SSSR count). The van der Waals surface area contributed by atoms with Crippen LogP contribution in [0.4, 0.5) is 4.39 Å². The first-order chi connectivity index (χ1) is 13.9. The van der Waals surface area contributed by atoms with Gasteiger partial charge in [-0.05, 0) is 66.6 Å². The predicted molar refractivity (Wildman–Crippen MR) is 113 cm³/mol. The number of aryl methyl sites for hydroxylation is 1. The minimum absolute atomic E-state index is 0.116. The lowest BCUT2D eigenvalue weighted by molar-refractivity contribution is 0.0702. The van der Waals surface area contributed by atoms with Gasteiger partial charge in [-0.25, -0.2) is 9.18 Å². The standard InChI is InChI=1S/C22H24ClFO4S/c23-15-9-13(8-14(10-15)12-25)4-6-18-17(19(24)11-20(18)26)3-1-2-16-5-7-21(29-16)22(27)28/h4-10,17-20,25-26H,1-3,11-12H2,(H,27,28)/b6-4+/t17-,18-,19-,20-/m1/s1. The van der Waals surface area contributed by atoms with Gasteiger partial charge in [-0.3, -0.25) is 0 Å². The van der Waals surface area contributed by atoms with Crippen molar-refractivity contribution in [2.45, 2.75) is 44.6 Å². The molecule has 0 aliphatic heterocycles. The molecule has 0 spiro atoms. The van der Waals surface area contributed by atoms with Gasteiger partial charge >= 0.3 is 5.97 Å². The van der Waals surface area contributed by atoms with E-state index in [2.05, 4.69) is 0 Å². The number of thiophene rings is 1. The van der Waals surface area contributed by atoms with Crippen LogP contribution in [-0.2, 0) is 13.0 Å². The highest BCUT2D eigenvalue weighted by Gasteiger charge is 2.40. The number of carbonyl (C=O) groups is 1. The molecule has 1 heterocycles. The summed E-state index contributed by atoms with van der Waals surface area (Å²) in [4.78, 5) is 12.3. The molecule has 156 valence electrons. The Hall–Kier alpha value is -1.73. The van der Waals surface area contributed by atoms with Crippen molar-refractivity contribution in [2.24, 2.45) is 11.8 Å². The number of aromatic carboxylic acids is 1. The number of hydrogen-bond donors (Lipinski definition) is 3. The molecule has 0 amide bonds. The average Bonchev–Trinajstić information content (AvgIpc) is 3.25. The Balaban J connectivity index is 1.63. The van der Waals surface area contributed by atoms with Crippen molar-refractivity contribution in [2.75, 3.05) is 0 Å². The molecule has 0 saturated heterocycles. The molecule has 2 aromatic rings. The lowest BCUT2D eigenvalue weighted by Crippen LogP contribution is -2.19.